The highest BCUT2D eigenvalue weighted by Gasteiger charge is 2.25. The Morgan fingerprint density at radius 3 is 2.80 bits per heavy atom. The third kappa shape index (κ3) is 2.45. The highest BCUT2D eigenvalue weighted by molar-refractivity contribution is 7.89. The van der Waals surface area contributed by atoms with Gasteiger partial charge in [0, 0.05) is 17.3 Å². The third-order valence-corrected chi connectivity index (χ3v) is 4.18. The van der Waals surface area contributed by atoms with Crippen LogP contribution in [0.1, 0.15) is 24.8 Å². The first-order valence-electron chi connectivity index (χ1n) is 5.21. The molecule has 0 bridgehead atoms. The minimum Gasteiger partial charge on any atom is -0.593 e. The first-order valence-corrected chi connectivity index (χ1v) is 6.36. The fourth-order valence-electron chi connectivity index (χ4n) is 1.56. The number of benzene rings is 1. The molecule has 0 heterocycles. The number of nitrogens with one attached hydrogen (secondary N) is 1. The summed E-state index contributed by atoms with van der Waals surface area (Å²) in [6.45, 7) is 1.95. The first kappa shape index (κ1) is 10.8. The van der Waals surface area contributed by atoms with Crippen LogP contribution < -0.4 is 10.5 Å². The van der Waals surface area contributed by atoms with Crippen molar-refractivity contribution in [1.82, 2.24) is 4.72 Å². The zero-order valence-electron chi connectivity index (χ0n) is 8.82. The maximum atomic E-state index is 12.0. The van der Waals surface area contributed by atoms with E-state index in [1.54, 1.807) is 6.07 Å². The first-order chi connectivity index (χ1) is 7.16. The van der Waals surface area contributed by atoms with Gasteiger partial charge in [0.1, 0.15) is 0 Å². The maximum absolute atomic E-state index is 12.0. The topological polar surface area (TPSA) is 61.1 Å². The van der Waals surface area contributed by atoms with Crippen LogP contribution in [0.4, 0.5) is 5.69 Å². The number of hydrogen-bond donors (Lipinski definition) is 2. The second-order valence-electron chi connectivity index (χ2n) is 4.04. The summed E-state index contributed by atoms with van der Waals surface area (Å²) in [7, 11) is 0. The Morgan fingerprint density at radius 2 is 2.20 bits per heavy atom. The predicted molar refractivity (Wildman–Crippen MR) is 62.8 cm³/mol. The Balaban J connectivity index is 2.09. The second-order valence-corrected chi connectivity index (χ2v) is 5.25. The number of aryl methyl sites for hydroxylation is 1. The van der Waals surface area contributed by atoms with Crippen molar-refractivity contribution in [3.05, 3.63) is 23.8 Å². The highest BCUT2D eigenvalue weighted by Crippen LogP contribution is 2.23. The Hall–Kier alpha value is -0.710. The van der Waals surface area contributed by atoms with E-state index < -0.39 is 11.4 Å². The molecule has 3 N–H and O–H groups in total. The van der Waals surface area contributed by atoms with Crippen LogP contribution in [0.15, 0.2) is 23.1 Å². The summed E-state index contributed by atoms with van der Waals surface area (Å²) in [5, 5.41) is 0. The SMILES string of the molecule is Cc1ccc(N)cc1[S+]([O-])NC1CCC1. The number of nitrogens with two attached hydrogens (primary N) is 1. The smallest absolute Gasteiger partial charge is 0.178 e. The molecule has 1 aliphatic carbocycles. The van der Waals surface area contributed by atoms with E-state index in [9.17, 15) is 4.55 Å². The molecule has 1 atom stereocenters. The molecule has 0 aromatic heterocycles. The van der Waals surface area contributed by atoms with Gasteiger partial charge in [-0.1, -0.05) is 12.5 Å². The van der Waals surface area contributed by atoms with Gasteiger partial charge in [0.05, 0.1) is 17.4 Å². The molecule has 1 aliphatic rings. The average molecular weight is 224 g/mol. The van der Waals surface area contributed by atoms with Gasteiger partial charge in [-0.3, -0.25) is 0 Å². The largest absolute Gasteiger partial charge is 0.593 e. The molecule has 15 heavy (non-hydrogen) atoms. The molecule has 4 heteroatoms. The van der Waals surface area contributed by atoms with Crippen LogP contribution >= 0.6 is 0 Å². The van der Waals surface area contributed by atoms with Gasteiger partial charge in [-0.25, -0.2) is 0 Å². The summed E-state index contributed by atoms with van der Waals surface area (Å²) in [5.74, 6) is 0. The maximum Gasteiger partial charge on any atom is 0.178 e. The standard InChI is InChI=1S/C11H16N2OS/c1-8-5-6-9(12)7-11(8)15(14)13-10-3-2-4-10/h5-7,10,13H,2-4,12H2,1H3. The van der Waals surface area contributed by atoms with Gasteiger partial charge in [-0.15, -0.1) is 4.72 Å². The van der Waals surface area contributed by atoms with Crippen molar-refractivity contribution < 1.29 is 4.55 Å². The van der Waals surface area contributed by atoms with E-state index in [0.717, 1.165) is 23.3 Å². The lowest BCUT2D eigenvalue weighted by molar-refractivity contribution is 0.383. The molecular formula is C11H16N2OS. The lowest BCUT2D eigenvalue weighted by Crippen LogP contribution is -2.39. The van der Waals surface area contributed by atoms with Gasteiger partial charge in [0.2, 0.25) is 0 Å². The zero-order valence-corrected chi connectivity index (χ0v) is 9.64. The second kappa shape index (κ2) is 4.43. The van der Waals surface area contributed by atoms with Crippen LogP contribution in [0, 0.1) is 6.92 Å². The van der Waals surface area contributed by atoms with Crippen molar-refractivity contribution in [2.45, 2.75) is 37.1 Å². The average Bonchev–Trinajstić information content (AvgIpc) is 2.15. The van der Waals surface area contributed by atoms with Crippen molar-refractivity contribution in [3.8, 4) is 0 Å². The lowest BCUT2D eigenvalue weighted by atomic mass is 9.94. The molecule has 3 nitrogen and oxygen atoms in total. The molecule has 2 rings (SSSR count). The van der Waals surface area contributed by atoms with Gasteiger partial charge in [-0.2, -0.15) is 0 Å². The zero-order chi connectivity index (χ0) is 10.8. The minimum absolute atomic E-state index is 0.423. The monoisotopic (exact) mass is 224 g/mol. The van der Waals surface area contributed by atoms with E-state index >= 15 is 0 Å². The minimum atomic E-state index is -1.11. The normalized spacial score (nSPS) is 18.5. The molecule has 1 saturated carbocycles. The molecule has 0 aliphatic heterocycles. The van der Waals surface area contributed by atoms with Gasteiger partial charge in [-0.05, 0) is 25.8 Å². The summed E-state index contributed by atoms with van der Waals surface area (Å²) in [4.78, 5) is 0.807. The van der Waals surface area contributed by atoms with Crippen LogP contribution in [-0.4, -0.2) is 10.6 Å². The van der Waals surface area contributed by atoms with Gasteiger partial charge >= 0.3 is 0 Å². The number of nitrogen functional groups attached to an aromatic ring is 1. The van der Waals surface area contributed by atoms with E-state index in [1.807, 2.05) is 19.1 Å². The molecule has 0 saturated heterocycles. The fourth-order valence-corrected chi connectivity index (χ4v) is 2.83. The van der Waals surface area contributed by atoms with E-state index in [1.165, 1.54) is 6.42 Å². The summed E-state index contributed by atoms with van der Waals surface area (Å²) in [5.41, 5.74) is 7.37. The van der Waals surface area contributed by atoms with E-state index in [0.29, 0.717) is 11.7 Å². The van der Waals surface area contributed by atoms with E-state index in [2.05, 4.69) is 4.72 Å². The Kier molecular flexibility index (Phi) is 3.19. The Bertz CT molecular complexity index is 352. The van der Waals surface area contributed by atoms with Crippen molar-refractivity contribution in [3.63, 3.8) is 0 Å². The molecule has 0 radical (unpaired) electrons. The Morgan fingerprint density at radius 1 is 1.47 bits per heavy atom. The number of rotatable bonds is 3. The number of hydrogen-bond acceptors (Lipinski definition) is 3. The van der Waals surface area contributed by atoms with Crippen LogP contribution in [0.2, 0.25) is 0 Å². The molecule has 1 unspecified atom stereocenters. The molecule has 1 aromatic carbocycles. The van der Waals surface area contributed by atoms with Crippen LogP contribution in [0.25, 0.3) is 0 Å². The molecule has 0 amide bonds. The van der Waals surface area contributed by atoms with Crippen LogP contribution in [0.5, 0.6) is 0 Å². The molecule has 0 spiro atoms. The number of anilines is 1. The Labute approximate surface area is 93.4 Å². The summed E-state index contributed by atoms with van der Waals surface area (Å²) in [6.07, 6.45) is 3.50. The summed E-state index contributed by atoms with van der Waals surface area (Å²) >= 11 is -1.11. The van der Waals surface area contributed by atoms with Crippen LogP contribution in [0.3, 0.4) is 0 Å². The van der Waals surface area contributed by atoms with Crippen molar-refractivity contribution >= 4 is 17.0 Å². The molecular weight excluding hydrogens is 208 g/mol. The fraction of sp³-hybridized carbons (Fsp3) is 0.455. The predicted octanol–water partition coefficient (Wildman–Crippen LogP) is 1.74. The van der Waals surface area contributed by atoms with Crippen molar-refractivity contribution in [2.75, 3.05) is 5.73 Å². The van der Waals surface area contributed by atoms with E-state index in [4.69, 9.17) is 5.73 Å². The molecule has 82 valence electrons. The third-order valence-electron chi connectivity index (χ3n) is 2.79. The van der Waals surface area contributed by atoms with Crippen molar-refractivity contribution in [1.29, 1.82) is 0 Å². The highest BCUT2D eigenvalue weighted by atomic mass is 32.2. The molecule has 1 fully saturated rings. The van der Waals surface area contributed by atoms with Crippen molar-refractivity contribution in [2.24, 2.45) is 0 Å². The summed E-state index contributed by atoms with van der Waals surface area (Å²) in [6, 6.07) is 5.95. The van der Waals surface area contributed by atoms with Gasteiger partial charge in [0.25, 0.3) is 0 Å². The lowest BCUT2D eigenvalue weighted by Gasteiger charge is -2.26. The van der Waals surface area contributed by atoms with Crippen LogP contribution in [-0.2, 0) is 11.4 Å². The van der Waals surface area contributed by atoms with Gasteiger partial charge < -0.3 is 10.3 Å². The summed E-state index contributed by atoms with van der Waals surface area (Å²) < 4.78 is 15.1. The van der Waals surface area contributed by atoms with E-state index in [-0.39, 0.29) is 0 Å². The quantitative estimate of drug-likeness (QED) is 0.607. The van der Waals surface area contributed by atoms with Gasteiger partial charge in [0.15, 0.2) is 4.90 Å². The molecule has 1 aromatic rings.